The van der Waals surface area contributed by atoms with Crippen LogP contribution in [-0.2, 0) is 0 Å². The second kappa shape index (κ2) is 3.46. The highest BCUT2D eigenvalue weighted by Gasteiger charge is 2.28. The van der Waals surface area contributed by atoms with E-state index >= 15 is 0 Å². The molecular weight excluding hydrogens is 167 g/mol. The molecule has 0 bridgehead atoms. The zero-order valence-corrected chi connectivity index (χ0v) is 7.41. The molecule has 0 spiro atoms. The van der Waals surface area contributed by atoms with Gasteiger partial charge in [-0.3, -0.25) is 0 Å². The maximum atomic E-state index is 13.3. The Bertz CT molecular complexity index is 298. The zero-order chi connectivity index (χ0) is 9.26. The molecule has 1 aliphatic rings. The van der Waals surface area contributed by atoms with Gasteiger partial charge in [-0.2, -0.15) is 0 Å². The van der Waals surface area contributed by atoms with Crippen molar-refractivity contribution in [3.05, 3.63) is 35.6 Å². The van der Waals surface area contributed by atoms with Gasteiger partial charge in [0.25, 0.3) is 0 Å². The Morgan fingerprint density at radius 3 is 2.62 bits per heavy atom. The Morgan fingerprint density at radius 2 is 2.00 bits per heavy atom. The maximum absolute atomic E-state index is 13.3. The third-order valence-electron chi connectivity index (χ3n) is 2.78. The van der Waals surface area contributed by atoms with Crippen LogP contribution in [0.5, 0.6) is 0 Å². The van der Waals surface area contributed by atoms with Crippen LogP contribution in [0.4, 0.5) is 4.39 Å². The molecule has 0 radical (unpaired) electrons. The predicted octanol–water partition coefficient (Wildman–Crippen LogP) is 2.45. The van der Waals surface area contributed by atoms with Crippen molar-refractivity contribution in [1.29, 1.82) is 0 Å². The first-order chi connectivity index (χ1) is 6.29. The highest BCUT2D eigenvalue weighted by atomic mass is 19.1. The number of halogens is 1. The molecule has 1 N–H and O–H groups in total. The summed E-state index contributed by atoms with van der Waals surface area (Å²) in [6, 6.07) is 6.73. The fourth-order valence-electron chi connectivity index (χ4n) is 2.08. The molecule has 2 heteroatoms. The minimum Gasteiger partial charge on any atom is -0.392 e. The summed E-state index contributed by atoms with van der Waals surface area (Å²) >= 11 is 0. The predicted molar refractivity (Wildman–Crippen MR) is 49.0 cm³/mol. The van der Waals surface area contributed by atoms with Crippen molar-refractivity contribution in [2.24, 2.45) is 0 Å². The lowest BCUT2D eigenvalue weighted by atomic mass is 9.95. The van der Waals surface area contributed by atoms with E-state index in [0.29, 0.717) is 5.56 Å². The van der Waals surface area contributed by atoms with Gasteiger partial charge in [0.15, 0.2) is 0 Å². The molecule has 13 heavy (non-hydrogen) atoms. The van der Waals surface area contributed by atoms with E-state index in [9.17, 15) is 9.50 Å². The Labute approximate surface area is 77.2 Å². The smallest absolute Gasteiger partial charge is 0.126 e. The van der Waals surface area contributed by atoms with Crippen LogP contribution in [0, 0.1) is 5.82 Å². The molecule has 2 rings (SSSR count). The minimum absolute atomic E-state index is 0.0150. The van der Waals surface area contributed by atoms with Crippen LogP contribution in [-0.4, -0.2) is 11.2 Å². The molecule has 1 aromatic rings. The van der Waals surface area contributed by atoms with Crippen molar-refractivity contribution in [3.63, 3.8) is 0 Å². The lowest BCUT2D eigenvalue weighted by Crippen LogP contribution is -2.12. The fourth-order valence-corrected chi connectivity index (χ4v) is 2.08. The van der Waals surface area contributed by atoms with Gasteiger partial charge in [-0.1, -0.05) is 24.6 Å². The number of hydrogen-bond acceptors (Lipinski definition) is 1. The molecule has 0 saturated heterocycles. The van der Waals surface area contributed by atoms with Crippen LogP contribution in [0.1, 0.15) is 30.7 Å². The minimum atomic E-state index is -0.350. The molecule has 70 valence electrons. The van der Waals surface area contributed by atoms with E-state index in [1.54, 1.807) is 12.1 Å². The Kier molecular flexibility index (Phi) is 2.32. The summed E-state index contributed by atoms with van der Waals surface area (Å²) in [4.78, 5) is 0. The highest BCUT2D eigenvalue weighted by Crippen LogP contribution is 2.35. The summed E-state index contributed by atoms with van der Waals surface area (Å²) in [6.45, 7) is 0. The average Bonchev–Trinajstić information content (AvgIpc) is 2.52. The molecule has 0 aliphatic heterocycles. The summed E-state index contributed by atoms with van der Waals surface area (Å²) in [5.74, 6) is -0.172. The molecule has 0 aromatic heterocycles. The number of aliphatic hydroxyl groups is 1. The highest BCUT2D eigenvalue weighted by molar-refractivity contribution is 5.23. The third kappa shape index (κ3) is 1.59. The molecule has 1 aliphatic carbocycles. The number of aliphatic hydroxyl groups excluding tert-OH is 1. The van der Waals surface area contributed by atoms with Crippen LogP contribution in [0.25, 0.3) is 0 Å². The molecule has 0 amide bonds. The van der Waals surface area contributed by atoms with Gasteiger partial charge in [0, 0.05) is 5.92 Å². The van der Waals surface area contributed by atoms with E-state index in [1.807, 2.05) is 6.07 Å². The summed E-state index contributed by atoms with van der Waals surface area (Å²) < 4.78 is 13.3. The average molecular weight is 180 g/mol. The van der Waals surface area contributed by atoms with Crippen molar-refractivity contribution in [2.45, 2.75) is 31.3 Å². The van der Waals surface area contributed by atoms with Gasteiger partial charge in [-0.25, -0.2) is 4.39 Å². The first kappa shape index (κ1) is 8.70. The third-order valence-corrected chi connectivity index (χ3v) is 2.78. The van der Waals surface area contributed by atoms with Gasteiger partial charge in [-0.05, 0) is 24.5 Å². The quantitative estimate of drug-likeness (QED) is 0.703. The summed E-state index contributed by atoms with van der Waals surface area (Å²) in [6.07, 6.45) is 2.36. The van der Waals surface area contributed by atoms with E-state index < -0.39 is 0 Å². The van der Waals surface area contributed by atoms with Crippen LogP contribution < -0.4 is 0 Å². The van der Waals surface area contributed by atoms with E-state index in [-0.39, 0.29) is 17.8 Å². The first-order valence-electron chi connectivity index (χ1n) is 4.71. The lowest BCUT2D eigenvalue weighted by molar-refractivity contribution is 0.162. The molecule has 0 unspecified atom stereocenters. The fraction of sp³-hybridized carbons (Fsp3) is 0.455. The van der Waals surface area contributed by atoms with Gasteiger partial charge in [0.2, 0.25) is 0 Å². The SMILES string of the molecule is O[C@@H]1CCC[C@H]1c1ccccc1F. The zero-order valence-electron chi connectivity index (χ0n) is 7.41. The summed E-state index contributed by atoms with van der Waals surface area (Å²) in [5, 5.41) is 9.60. The van der Waals surface area contributed by atoms with E-state index in [1.165, 1.54) is 6.07 Å². The van der Waals surface area contributed by atoms with Crippen LogP contribution in [0.3, 0.4) is 0 Å². The topological polar surface area (TPSA) is 20.2 Å². The molecule has 2 atom stereocenters. The molecule has 1 nitrogen and oxygen atoms in total. The van der Waals surface area contributed by atoms with E-state index in [2.05, 4.69) is 0 Å². The first-order valence-corrected chi connectivity index (χ1v) is 4.71. The van der Waals surface area contributed by atoms with Crippen LogP contribution in [0.15, 0.2) is 24.3 Å². The number of hydrogen-bond donors (Lipinski definition) is 1. The summed E-state index contributed by atoms with van der Waals surface area (Å²) in [5.41, 5.74) is 0.674. The monoisotopic (exact) mass is 180 g/mol. The molecule has 0 heterocycles. The van der Waals surface area contributed by atoms with Crippen molar-refractivity contribution in [3.8, 4) is 0 Å². The Morgan fingerprint density at radius 1 is 1.23 bits per heavy atom. The van der Waals surface area contributed by atoms with Crippen molar-refractivity contribution in [2.75, 3.05) is 0 Å². The number of rotatable bonds is 1. The maximum Gasteiger partial charge on any atom is 0.126 e. The Balaban J connectivity index is 2.29. The molecular formula is C11H13FO. The van der Waals surface area contributed by atoms with Gasteiger partial charge in [0.05, 0.1) is 6.10 Å². The van der Waals surface area contributed by atoms with Crippen molar-refractivity contribution >= 4 is 0 Å². The second-order valence-corrected chi connectivity index (χ2v) is 3.63. The van der Waals surface area contributed by atoms with Gasteiger partial charge >= 0.3 is 0 Å². The van der Waals surface area contributed by atoms with E-state index in [0.717, 1.165) is 19.3 Å². The normalized spacial score (nSPS) is 27.8. The van der Waals surface area contributed by atoms with Crippen molar-refractivity contribution < 1.29 is 9.50 Å². The van der Waals surface area contributed by atoms with Gasteiger partial charge in [0.1, 0.15) is 5.82 Å². The molecule has 1 aromatic carbocycles. The summed E-state index contributed by atoms with van der Waals surface area (Å²) in [7, 11) is 0. The van der Waals surface area contributed by atoms with Gasteiger partial charge < -0.3 is 5.11 Å². The van der Waals surface area contributed by atoms with E-state index in [4.69, 9.17) is 0 Å². The van der Waals surface area contributed by atoms with Crippen molar-refractivity contribution in [1.82, 2.24) is 0 Å². The second-order valence-electron chi connectivity index (χ2n) is 3.63. The lowest BCUT2D eigenvalue weighted by Gasteiger charge is -2.14. The standard InChI is InChI=1S/C11H13FO/c12-10-6-2-1-4-8(10)9-5-3-7-11(9)13/h1-2,4,6,9,11,13H,3,5,7H2/t9-,11+/m0/s1. The Hall–Kier alpha value is -0.890. The largest absolute Gasteiger partial charge is 0.392 e. The molecule has 1 fully saturated rings. The van der Waals surface area contributed by atoms with Crippen LogP contribution in [0.2, 0.25) is 0 Å². The van der Waals surface area contributed by atoms with Gasteiger partial charge in [-0.15, -0.1) is 0 Å². The number of benzene rings is 1. The van der Waals surface area contributed by atoms with Crippen LogP contribution >= 0.6 is 0 Å². The molecule has 1 saturated carbocycles.